The Balaban J connectivity index is 1.74. The Morgan fingerprint density at radius 1 is 0.889 bits per heavy atom. The lowest BCUT2D eigenvalue weighted by Gasteiger charge is -2.22. The first-order valence-corrected chi connectivity index (χ1v) is 8.81. The molecule has 0 heterocycles. The maximum Gasteiger partial charge on any atom is 0.235 e. The van der Waals surface area contributed by atoms with Crippen molar-refractivity contribution in [3.05, 3.63) is 60.2 Å². The number of amides is 2. The van der Waals surface area contributed by atoms with Gasteiger partial charge >= 0.3 is 0 Å². The number of benzene rings is 2. The molecule has 0 unspecified atom stereocenters. The van der Waals surface area contributed by atoms with E-state index in [-0.39, 0.29) is 11.8 Å². The smallest absolute Gasteiger partial charge is 0.235 e. The van der Waals surface area contributed by atoms with E-state index in [4.69, 9.17) is 9.47 Å². The van der Waals surface area contributed by atoms with Crippen LogP contribution in [0.3, 0.4) is 0 Å². The van der Waals surface area contributed by atoms with Crippen molar-refractivity contribution in [3.63, 3.8) is 0 Å². The number of ether oxygens (including phenoxy) is 2. The average molecular weight is 370 g/mol. The highest BCUT2D eigenvalue weighted by atomic mass is 16.5. The van der Waals surface area contributed by atoms with Gasteiger partial charge in [0.05, 0.1) is 13.7 Å². The second kappa shape index (κ2) is 9.62. The van der Waals surface area contributed by atoms with Crippen LogP contribution in [0.2, 0.25) is 0 Å². The lowest BCUT2D eigenvalue weighted by Crippen LogP contribution is -2.48. The Morgan fingerprint density at radius 3 is 2.11 bits per heavy atom. The third-order valence-corrected chi connectivity index (χ3v) is 4.15. The SMILES string of the molecule is COc1ccc(OCCNC(=O)C(C)(C)C(=O)NCc2ccccc2)cc1. The van der Waals surface area contributed by atoms with E-state index in [9.17, 15) is 9.59 Å². The van der Waals surface area contributed by atoms with Crippen LogP contribution in [0, 0.1) is 5.41 Å². The summed E-state index contributed by atoms with van der Waals surface area (Å²) in [5.41, 5.74) is -0.190. The highest BCUT2D eigenvalue weighted by Gasteiger charge is 2.35. The van der Waals surface area contributed by atoms with Crippen molar-refractivity contribution in [2.75, 3.05) is 20.3 Å². The van der Waals surface area contributed by atoms with Crippen molar-refractivity contribution in [1.82, 2.24) is 10.6 Å². The van der Waals surface area contributed by atoms with Gasteiger partial charge in [-0.3, -0.25) is 9.59 Å². The van der Waals surface area contributed by atoms with Gasteiger partial charge in [-0.25, -0.2) is 0 Å². The van der Waals surface area contributed by atoms with Gasteiger partial charge in [0.1, 0.15) is 23.5 Å². The van der Waals surface area contributed by atoms with Crippen LogP contribution in [0.1, 0.15) is 19.4 Å². The molecule has 0 fully saturated rings. The molecule has 6 heteroatoms. The fourth-order valence-electron chi connectivity index (χ4n) is 2.33. The molecule has 0 aliphatic rings. The molecule has 0 atom stereocenters. The van der Waals surface area contributed by atoms with Crippen LogP contribution in [0.25, 0.3) is 0 Å². The van der Waals surface area contributed by atoms with E-state index in [2.05, 4.69) is 10.6 Å². The molecule has 0 saturated heterocycles. The van der Waals surface area contributed by atoms with Crippen LogP contribution in [0.4, 0.5) is 0 Å². The molecule has 0 spiro atoms. The Morgan fingerprint density at radius 2 is 1.48 bits per heavy atom. The van der Waals surface area contributed by atoms with Crippen LogP contribution in [-0.2, 0) is 16.1 Å². The molecule has 0 aliphatic carbocycles. The van der Waals surface area contributed by atoms with Gasteiger partial charge in [0, 0.05) is 6.54 Å². The average Bonchev–Trinajstić information content (AvgIpc) is 2.70. The topological polar surface area (TPSA) is 76.7 Å². The molecule has 27 heavy (non-hydrogen) atoms. The normalized spacial score (nSPS) is 10.8. The summed E-state index contributed by atoms with van der Waals surface area (Å²) in [6, 6.07) is 16.8. The first-order valence-electron chi connectivity index (χ1n) is 8.81. The monoisotopic (exact) mass is 370 g/mol. The second-order valence-corrected chi connectivity index (χ2v) is 6.57. The van der Waals surface area contributed by atoms with Gasteiger partial charge in [-0.05, 0) is 43.7 Å². The van der Waals surface area contributed by atoms with Crippen LogP contribution < -0.4 is 20.1 Å². The van der Waals surface area contributed by atoms with E-state index >= 15 is 0 Å². The van der Waals surface area contributed by atoms with Gasteiger partial charge in [0.2, 0.25) is 11.8 Å². The second-order valence-electron chi connectivity index (χ2n) is 6.57. The lowest BCUT2D eigenvalue weighted by molar-refractivity contribution is -0.141. The number of rotatable bonds is 9. The highest BCUT2D eigenvalue weighted by Crippen LogP contribution is 2.17. The van der Waals surface area contributed by atoms with Crippen molar-refractivity contribution < 1.29 is 19.1 Å². The number of carbonyl (C=O) groups excluding carboxylic acids is 2. The molecule has 0 bridgehead atoms. The van der Waals surface area contributed by atoms with Gasteiger partial charge in [-0.1, -0.05) is 30.3 Å². The van der Waals surface area contributed by atoms with Crippen LogP contribution in [0.5, 0.6) is 11.5 Å². The van der Waals surface area contributed by atoms with Gasteiger partial charge in [-0.15, -0.1) is 0 Å². The molecule has 2 N–H and O–H groups in total. The molecular formula is C21H26N2O4. The molecule has 2 aromatic carbocycles. The quantitative estimate of drug-likeness (QED) is 0.525. The minimum atomic E-state index is -1.17. The van der Waals surface area contributed by atoms with Gasteiger partial charge in [-0.2, -0.15) is 0 Å². The first kappa shape index (κ1) is 20.3. The van der Waals surface area contributed by atoms with Gasteiger partial charge in [0.25, 0.3) is 0 Å². The van der Waals surface area contributed by atoms with E-state index in [0.29, 0.717) is 25.4 Å². The van der Waals surface area contributed by atoms with E-state index in [0.717, 1.165) is 11.3 Å². The summed E-state index contributed by atoms with van der Waals surface area (Å²) >= 11 is 0. The predicted molar refractivity (Wildman–Crippen MR) is 104 cm³/mol. The molecule has 0 aromatic heterocycles. The molecule has 144 valence electrons. The fraction of sp³-hybridized carbons (Fsp3) is 0.333. The van der Waals surface area contributed by atoms with Crippen molar-refractivity contribution in [2.24, 2.45) is 5.41 Å². The van der Waals surface area contributed by atoms with E-state index in [1.807, 2.05) is 30.3 Å². The summed E-state index contributed by atoms with van der Waals surface area (Å²) in [6.45, 7) is 4.21. The minimum Gasteiger partial charge on any atom is -0.497 e. The Labute approximate surface area is 159 Å². The van der Waals surface area contributed by atoms with Crippen molar-refractivity contribution in [3.8, 4) is 11.5 Å². The molecule has 2 aromatic rings. The van der Waals surface area contributed by atoms with E-state index in [1.165, 1.54) is 0 Å². The Hall–Kier alpha value is -3.02. The summed E-state index contributed by atoms with van der Waals surface area (Å²) in [5.74, 6) is 0.773. The summed E-state index contributed by atoms with van der Waals surface area (Å²) in [4.78, 5) is 24.7. The van der Waals surface area contributed by atoms with Gasteiger partial charge in [0.15, 0.2) is 0 Å². The number of nitrogens with one attached hydrogen (secondary N) is 2. The third-order valence-electron chi connectivity index (χ3n) is 4.15. The zero-order valence-electron chi connectivity index (χ0n) is 16.0. The van der Waals surface area contributed by atoms with Crippen LogP contribution in [-0.4, -0.2) is 32.1 Å². The molecule has 6 nitrogen and oxygen atoms in total. The van der Waals surface area contributed by atoms with E-state index in [1.54, 1.807) is 45.2 Å². The third kappa shape index (κ3) is 6.02. The fourth-order valence-corrected chi connectivity index (χ4v) is 2.33. The maximum atomic E-state index is 12.4. The molecule has 0 aliphatic heterocycles. The molecule has 2 amide bonds. The highest BCUT2D eigenvalue weighted by molar-refractivity contribution is 6.04. The number of hydrogen-bond acceptors (Lipinski definition) is 4. The molecule has 0 radical (unpaired) electrons. The zero-order valence-corrected chi connectivity index (χ0v) is 16.0. The Kier molecular flexibility index (Phi) is 7.23. The molecular weight excluding hydrogens is 344 g/mol. The van der Waals surface area contributed by atoms with Crippen molar-refractivity contribution in [2.45, 2.75) is 20.4 Å². The van der Waals surface area contributed by atoms with Crippen LogP contribution >= 0.6 is 0 Å². The van der Waals surface area contributed by atoms with Crippen molar-refractivity contribution >= 4 is 11.8 Å². The van der Waals surface area contributed by atoms with E-state index < -0.39 is 5.41 Å². The largest absolute Gasteiger partial charge is 0.497 e. The van der Waals surface area contributed by atoms with Crippen LogP contribution in [0.15, 0.2) is 54.6 Å². The number of carbonyl (C=O) groups is 2. The zero-order chi connectivity index (χ0) is 19.7. The molecule has 0 saturated carbocycles. The number of methoxy groups -OCH3 is 1. The summed E-state index contributed by atoms with van der Waals surface area (Å²) in [7, 11) is 1.60. The minimum absolute atomic E-state index is 0.305. The first-order chi connectivity index (χ1) is 12.9. The van der Waals surface area contributed by atoms with Crippen molar-refractivity contribution in [1.29, 1.82) is 0 Å². The maximum absolute atomic E-state index is 12.4. The lowest BCUT2D eigenvalue weighted by atomic mass is 9.91. The van der Waals surface area contributed by atoms with Gasteiger partial charge < -0.3 is 20.1 Å². The summed E-state index contributed by atoms with van der Waals surface area (Å²) in [6.07, 6.45) is 0. The predicted octanol–water partition coefficient (Wildman–Crippen LogP) is 2.53. The Bertz CT molecular complexity index is 743. The number of hydrogen-bond donors (Lipinski definition) is 2. The standard InChI is InChI=1S/C21H26N2O4/c1-21(2,20(25)23-15-16-7-5-4-6-8-16)19(24)22-13-14-27-18-11-9-17(26-3)10-12-18/h4-12H,13-15H2,1-3H3,(H,22,24)(H,23,25). The summed E-state index contributed by atoms with van der Waals surface area (Å²) in [5, 5.41) is 5.55. The summed E-state index contributed by atoms with van der Waals surface area (Å²) < 4.78 is 10.6. The molecule has 2 rings (SSSR count).